The molecule has 6 nitrogen and oxygen atoms in total. The van der Waals surface area contributed by atoms with Crippen LogP contribution in [0.25, 0.3) is 0 Å². The highest BCUT2D eigenvalue weighted by atomic mass is 16.3. The molecule has 0 radical (unpaired) electrons. The first-order chi connectivity index (χ1) is 12.6. The van der Waals surface area contributed by atoms with Crippen LogP contribution in [0.3, 0.4) is 0 Å². The van der Waals surface area contributed by atoms with Crippen LogP contribution in [0.1, 0.15) is 51.2 Å². The van der Waals surface area contributed by atoms with Gasteiger partial charge in [-0.3, -0.25) is 4.79 Å². The van der Waals surface area contributed by atoms with Crippen LogP contribution in [0.15, 0.2) is 22.8 Å². The number of piperidine rings is 1. The number of urea groups is 1. The van der Waals surface area contributed by atoms with Gasteiger partial charge < -0.3 is 19.5 Å². The monoisotopic (exact) mass is 359 g/mol. The second-order valence-corrected chi connectivity index (χ2v) is 8.05. The van der Waals surface area contributed by atoms with Gasteiger partial charge in [-0.15, -0.1) is 0 Å². The van der Waals surface area contributed by atoms with Crippen LogP contribution in [-0.2, 0) is 11.3 Å². The van der Waals surface area contributed by atoms with Crippen molar-refractivity contribution in [2.45, 2.75) is 64.1 Å². The Labute approximate surface area is 154 Å². The highest BCUT2D eigenvalue weighted by Crippen LogP contribution is 2.41. The van der Waals surface area contributed by atoms with Crippen molar-refractivity contribution in [3.63, 3.8) is 0 Å². The van der Waals surface area contributed by atoms with Crippen LogP contribution >= 0.6 is 0 Å². The minimum Gasteiger partial charge on any atom is -0.467 e. The van der Waals surface area contributed by atoms with Crippen LogP contribution in [0.5, 0.6) is 0 Å². The Morgan fingerprint density at radius 2 is 1.96 bits per heavy atom. The summed E-state index contributed by atoms with van der Waals surface area (Å²) in [6, 6.07) is 4.46. The lowest BCUT2D eigenvalue weighted by atomic mass is 9.94. The molecule has 3 aliphatic rings. The van der Waals surface area contributed by atoms with Gasteiger partial charge in [-0.1, -0.05) is 0 Å². The molecule has 1 atom stereocenters. The quantitative estimate of drug-likeness (QED) is 0.849. The summed E-state index contributed by atoms with van der Waals surface area (Å²) in [5, 5.41) is 2.89. The lowest BCUT2D eigenvalue weighted by Crippen LogP contribution is -2.50. The molecule has 0 aromatic carbocycles. The molecular formula is C20H29N3O3. The van der Waals surface area contributed by atoms with Gasteiger partial charge in [0.25, 0.3) is 0 Å². The van der Waals surface area contributed by atoms with Crippen LogP contribution < -0.4 is 5.32 Å². The van der Waals surface area contributed by atoms with Gasteiger partial charge in [0.05, 0.1) is 12.8 Å². The van der Waals surface area contributed by atoms with Crippen molar-refractivity contribution in [3.05, 3.63) is 24.2 Å². The lowest BCUT2D eigenvalue weighted by molar-refractivity contribution is -0.140. The Morgan fingerprint density at radius 1 is 1.23 bits per heavy atom. The standard InChI is InChI=1S/C20H29N3O3/c1-14(15-4-5-15)23(17-6-7-17)19(24)16-8-10-22(11-9-16)20(25)21-13-18-3-2-12-26-18/h2-3,12,14-17H,4-11,13H2,1H3,(H,21,25)/t14-/m0/s1. The predicted octanol–water partition coefficient (Wildman–Crippen LogP) is 2.99. The maximum absolute atomic E-state index is 13.1. The van der Waals surface area contributed by atoms with Gasteiger partial charge in [0.2, 0.25) is 5.91 Å². The highest BCUT2D eigenvalue weighted by Gasteiger charge is 2.43. The molecule has 1 aliphatic heterocycles. The molecule has 4 rings (SSSR count). The normalized spacial score (nSPS) is 22.1. The zero-order valence-electron chi connectivity index (χ0n) is 15.5. The topological polar surface area (TPSA) is 65.8 Å². The van der Waals surface area contributed by atoms with Crippen molar-refractivity contribution in [2.24, 2.45) is 11.8 Å². The van der Waals surface area contributed by atoms with E-state index < -0.39 is 0 Å². The molecule has 3 fully saturated rings. The van der Waals surface area contributed by atoms with Crippen molar-refractivity contribution in [1.29, 1.82) is 0 Å². The molecule has 1 aromatic heterocycles. The number of likely N-dealkylation sites (tertiary alicyclic amines) is 1. The van der Waals surface area contributed by atoms with E-state index in [0.717, 1.165) is 31.4 Å². The fourth-order valence-electron chi connectivity index (χ4n) is 4.10. The van der Waals surface area contributed by atoms with Crippen LogP contribution in [-0.4, -0.2) is 46.9 Å². The summed E-state index contributed by atoms with van der Waals surface area (Å²) in [4.78, 5) is 29.4. The van der Waals surface area contributed by atoms with Gasteiger partial charge in [-0.25, -0.2) is 4.79 Å². The summed E-state index contributed by atoms with van der Waals surface area (Å²) in [5.74, 6) is 1.87. The maximum Gasteiger partial charge on any atom is 0.317 e. The second-order valence-electron chi connectivity index (χ2n) is 8.05. The molecule has 2 heterocycles. The Bertz CT molecular complexity index is 629. The molecule has 1 aromatic rings. The zero-order chi connectivity index (χ0) is 18.1. The van der Waals surface area contributed by atoms with Crippen molar-refractivity contribution < 1.29 is 14.0 Å². The van der Waals surface area contributed by atoms with E-state index in [1.165, 1.54) is 12.8 Å². The molecule has 142 valence electrons. The maximum atomic E-state index is 13.1. The third kappa shape index (κ3) is 3.89. The second kappa shape index (κ2) is 7.33. The molecule has 6 heteroatoms. The highest BCUT2D eigenvalue weighted by molar-refractivity contribution is 5.80. The fourth-order valence-corrected chi connectivity index (χ4v) is 4.10. The number of rotatable bonds is 6. The fraction of sp³-hybridized carbons (Fsp3) is 0.700. The number of hydrogen-bond donors (Lipinski definition) is 1. The molecule has 2 saturated carbocycles. The van der Waals surface area contributed by atoms with Crippen molar-refractivity contribution >= 4 is 11.9 Å². The first-order valence-electron chi connectivity index (χ1n) is 10.0. The SMILES string of the molecule is C[C@@H](C1CC1)N(C(=O)C1CCN(C(=O)NCc2ccco2)CC1)C1CC1. The minimum atomic E-state index is -0.0716. The third-order valence-corrected chi connectivity index (χ3v) is 6.06. The number of nitrogens with zero attached hydrogens (tertiary/aromatic N) is 2. The molecule has 0 bridgehead atoms. The Kier molecular flexibility index (Phi) is 4.92. The molecule has 1 saturated heterocycles. The van der Waals surface area contributed by atoms with Crippen LogP contribution in [0.2, 0.25) is 0 Å². The van der Waals surface area contributed by atoms with Gasteiger partial charge in [0.15, 0.2) is 0 Å². The Morgan fingerprint density at radius 3 is 2.54 bits per heavy atom. The summed E-state index contributed by atoms with van der Waals surface area (Å²) < 4.78 is 5.24. The minimum absolute atomic E-state index is 0.0716. The average molecular weight is 359 g/mol. The van der Waals surface area contributed by atoms with Crippen molar-refractivity contribution in [3.8, 4) is 0 Å². The average Bonchev–Trinajstić information content (AvgIpc) is 3.59. The van der Waals surface area contributed by atoms with E-state index >= 15 is 0 Å². The number of carbonyl (C=O) groups is 2. The summed E-state index contributed by atoms with van der Waals surface area (Å²) in [6.07, 6.45) is 8.01. The van der Waals surface area contributed by atoms with Gasteiger partial charge in [-0.05, 0) is 63.5 Å². The summed E-state index contributed by atoms with van der Waals surface area (Å²) in [7, 11) is 0. The molecule has 1 N–H and O–H groups in total. The molecule has 26 heavy (non-hydrogen) atoms. The predicted molar refractivity (Wildman–Crippen MR) is 97.3 cm³/mol. The van der Waals surface area contributed by atoms with E-state index in [4.69, 9.17) is 4.42 Å². The number of hydrogen-bond acceptors (Lipinski definition) is 3. The van der Waals surface area contributed by atoms with E-state index in [1.807, 2.05) is 17.0 Å². The molecule has 0 spiro atoms. The molecule has 3 amide bonds. The smallest absolute Gasteiger partial charge is 0.317 e. The Balaban J connectivity index is 1.27. The van der Waals surface area contributed by atoms with E-state index in [0.29, 0.717) is 43.5 Å². The van der Waals surface area contributed by atoms with E-state index in [2.05, 4.69) is 17.1 Å². The van der Waals surface area contributed by atoms with Gasteiger partial charge in [-0.2, -0.15) is 0 Å². The van der Waals surface area contributed by atoms with E-state index in [1.54, 1.807) is 6.26 Å². The molecule has 0 unspecified atom stereocenters. The summed E-state index contributed by atoms with van der Waals surface area (Å²) in [6.45, 7) is 3.93. The first-order valence-corrected chi connectivity index (χ1v) is 10.0. The number of amides is 3. The largest absolute Gasteiger partial charge is 0.467 e. The first kappa shape index (κ1) is 17.4. The molecular weight excluding hydrogens is 330 g/mol. The van der Waals surface area contributed by atoms with Crippen LogP contribution in [0, 0.1) is 11.8 Å². The van der Waals surface area contributed by atoms with Crippen LogP contribution in [0.4, 0.5) is 4.79 Å². The lowest BCUT2D eigenvalue weighted by Gasteiger charge is -2.37. The van der Waals surface area contributed by atoms with Crippen molar-refractivity contribution in [1.82, 2.24) is 15.1 Å². The number of carbonyl (C=O) groups excluding carboxylic acids is 2. The summed E-state index contributed by atoms with van der Waals surface area (Å²) in [5.41, 5.74) is 0. The van der Waals surface area contributed by atoms with E-state index in [9.17, 15) is 9.59 Å². The number of furan rings is 1. The van der Waals surface area contributed by atoms with E-state index in [-0.39, 0.29) is 11.9 Å². The van der Waals surface area contributed by atoms with Gasteiger partial charge in [0, 0.05) is 31.1 Å². The van der Waals surface area contributed by atoms with Gasteiger partial charge in [0.1, 0.15) is 5.76 Å². The van der Waals surface area contributed by atoms with Gasteiger partial charge >= 0.3 is 6.03 Å². The zero-order valence-corrected chi connectivity index (χ0v) is 15.5. The van der Waals surface area contributed by atoms with Crippen molar-refractivity contribution in [2.75, 3.05) is 13.1 Å². The number of nitrogens with one attached hydrogen (secondary N) is 1. The Hall–Kier alpha value is -1.98. The third-order valence-electron chi connectivity index (χ3n) is 6.06. The molecule has 2 aliphatic carbocycles. The summed E-state index contributed by atoms with van der Waals surface area (Å²) >= 11 is 0.